The summed E-state index contributed by atoms with van der Waals surface area (Å²) in [7, 11) is 0. The minimum atomic E-state index is -4.85. The van der Waals surface area contributed by atoms with Gasteiger partial charge in [-0.3, -0.25) is 0 Å². The van der Waals surface area contributed by atoms with Gasteiger partial charge in [-0.1, -0.05) is 36.4 Å². The second-order valence-electron chi connectivity index (χ2n) is 5.79. The molecule has 0 bridgehead atoms. The van der Waals surface area contributed by atoms with Crippen LogP contribution in [0.1, 0.15) is 11.1 Å². The number of nitrogens with zero attached hydrogens (tertiary/aromatic N) is 1. The molecule has 0 heterocycles. The van der Waals surface area contributed by atoms with Crippen molar-refractivity contribution in [2.75, 3.05) is 11.9 Å². The lowest BCUT2D eigenvalue weighted by atomic mass is 10.1. The number of hydrogen-bond acceptors (Lipinski definition) is 3. The van der Waals surface area contributed by atoms with Crippen LogP contribution in [0.4, 0.5) is 32.0 Å². The fourth-order valence-electron chi connectivity index (χ4n) is 2.16. The number of para-hydroxylation sites is 2. The summed E-state index contributed by atoms with van der Waals surface area (Å²) in [5.74, 6) is -0.595. The van der Waals surface area contributed by atoms with E-state index in [2.05, 4.69) is 19.8 Å². The van der Waals surface area contributed by atoms with Gasteiger partial charge in [-0.05, 0) is 23.3 Å². The second-order valence-corrected chi connectivity index (χ2v) is 5.79. The van der Waals surface area contributed by atoms with Crippen LogP contribution in [0.2, 0.25) is 0 Å². The molecule has 30 heavy (non-hydrogen) atoms. The number of benzene rings is 2. The van der Waals surface area contributed by atoms with Crippen LogP contribution in [0.5, 0.6) is 5.75 Å². The molecule has 0 fully saturated rings. The number of aliphatic imine (C=N–C) groups is 1. The first-order chi connectivity index (χ1) is 13.5. The highest BCUT2D eigenvalue weighted by molar-refractivity contribution is 14.0. The molecule has 0 saturated heterocycles. The fourth-order valence-corrected chi connectivity index (χ4v) is 2.16. The van der Waals surface area contributed by atoms with Crippen LogP contribution in [0.25, 0.3) is 0 Å². The van der Waals surface area contributed by atoms with E-state index in [-0.39, 0.29) is 48.8 Å². The number of guanidine groups is 1. The lowest BCUT2D eigenvalue weighted by molar-refractivity contribution is -0.274. The number of halogens is 7. The molecule has 3 N–H and O–H groups in total. The van der Waals surface area contributed by atoms with Gasteiger partial charge in [0.15, 0.2) is 11.7 Å². The van der Waals surface area contributed by atoms with Crippen LogP contribution in [-0.2, 0) is 17.9 Å². The third-order valence-corrected chi connectivity index (χ3v) is 3.36. The van der Waals surface area contributed by atoms with Crippen molar-refractivity contribution in [3.63, 3.8) is 0 Å². The molecule has 2 rings (SSSR count). The molecular formula is C18H18F6IN3O2. The van der Waals surface area contributed by atoms with E-state index in [1.54, 1.807) is 24.3 Å². The number of ether oxygens (including phenoxy) is 2. The van der Waals surface area contributed by atoms with E-state index in [1.807, 2.05) is 0 Å². The van der Waals surface area contributed by atoms with E-state index in [4.69, 9.17) is 5.73 Å². The molecule has 0 aliphatic carbocycles. The molecule has 166 valence electrons. The van der Waals surface area contributed by atoms with Crippen molar-refractivity contribution in [1.82, 2.24) is 0 Å². The molecule has 0 aliphatic rings. The first kappa shape index (κ1) is 25.8. The molecule has 0 saturated carbocycles. The quantitative estimate of drug-likeness (QED) is 0.216. The predicted molar refractivity (Wildman–Crippen MR) is 110 cm³/mol. The fraction of sp³-hybridized carbons (Fsp3) is 0.278. The van der Waals surface area contributed by atoms with Gasteiger partial charge < -0.3 is 20.5 Å². The Kier molecular flexibility index (Phi) is 9.68. The number of nitrogens with one attached hydrogen (secondary N) is 1. The minimum Gasteiger partial charge on any atom is -0.404 e. The molecule has 0 aromatic heterocycles. The summed E-state index contributed by atoms with van der Waals surface area (Å²) in [5.41, 5.74) is 6.92. The number of nitrogens with two attached hydrogens (primary N) is 1. The van der Waals surface area contributed by atoms with Gasteiger partial charge in [0.1, 0.15) is 6.61 Å². The maximum atomic E-state index is 12.4. The molecule has 2 aromatic rings. The van der Waals surface area contributed by atoms with Crippen molar-refractivity contribution >= 4 is 35.6 Å². The Labute approximate surface area is 185 Å². The van der Waals surface area contributed by atoms with E-state index >= 15 is 0 Å². The normalized spacial score (nSPS) is 12.3. The van der Waals surface area contributed by atoms with Gasteiger partial charge in [-0.25, -0.2) is 4.99 Å². The highest BCUT2D eigenvalue weighted by Gasteiger charge is 2.32. The van der Waals surface area contributed by atoms with Crippen LogP contribution in [0.15, 0.2) is 53.5 Å². The van der Waals surface area contributed by atoms with Gasteiger partial charge in [0.2, 0.25) is 0 Å². The molecule has 12 heteroatoms. The van der Waals surface area contributed by atoms with Gasteiger partial charge in [-0.15, -0.1) is 37.1 Å². The maximum Gasteiger partial charge on any atom is 0.573 e. The Balaban J connectivity index is 0.00000450. The summed E-state index contributed by atoms with van der Waals surface area (Å²) >= 11 is 0. The molecular weight excluding hydrogens is 531 g/mol. The first-order valence-electron chi connectivity index (χ1n) is 8.16. The highest BCUT2D eigenvalue weighted by Crippen LogP contribution is 2.29. The lowest BCUT2D eigenvalue weighted by Crippen LogP contribution is -2.24. The van der Waals surface area contributed by atoms with E-state index in [0.29, 0.717) is 11.1 Å². The first-order valence-corrected chi connectivity index (χ1v) is 8.16. The molecule has 5 nitrogen and oxygen atoms in total. The zero-order valence-electron chi connectivity index (χ0n) is 15.3. The van der Waals surface area contributed by atoms with Gasteiger partial charge in [-0.2, -0.15) is 13.2 Å². The zero-order valence-corrected chi connectivity index (χ0v) is 17.6. The predicted octanol–water partition coefficient (Wildman–Crippen LogP) is 5.21. The SMILES string of the molecule is I.NC(=NCc1ccc(COCC(F)(F)F)cc1)Nc1ccccc1OC(F)(F)F. The number of rotatable bonds is 7. The second kappa shape index (κ2) is 11.2. The van der Waals surface area contributed by atoms with Gasteiger partial charge in [0.05, 0.1) is 18.8 Å². The highest BCUT2D eigenvalue weighted by atomic mass is 127. The Hall–Kier alpha value is -2.22. The Morgan fingerprint density at radius 1 is 0.933 bits per heavy atom. The smallest absolute Gasteiger partial charge is 0.404 e. The van der Waals surface area contributed by atoms with E-state index in [9.17, 15) is 26.3 Å². The van der Waals surface area contributed by atoms with Crippen molar-refractivity contribution in [3.05, 3.63) is 59.7 Å². The van der Waals surface area contributed by atoms with Gasteiger partial charge >= 0.3 is 12.5 Å². The summed E-state index contributed by atoms with van der Waals surface area (Å²) in [6.07, 6.45) is -9.24. The molecule has 0 radical (unpaired) electrons. The molecule has 0 unspecified atom stereocenters. The van der Waals surface area contributed by atoms with Crippen LogP contribution in [0.3, 0.4) is 0 Å². The summed E-state index contributed by atoms with van der Waals surface area (Å²) in [5, 5.41) is 2.53. The number of hydrogen-bond donors (Lipinski definition) is 2. The Morgan fingerprint density at radius 2 is 1.53 bits per heavy atom. The Bertz CT molecular complexity index is 826. The van der Waals surface area contributed by atoms with Crippen LogP contribution < -0.4 is 15.8 Å². The van der Waals surface area contributed by atoms with Crippen molar-refractivity contribution in [1.29, 1.82) is 0 Å². The van der Waals surface area contributed by atoms with E-state index in [0.717, 1.165) is 6.07 Å². The van der Waals surface area contributed by atoms with Crippen LogP contribution in [0, 0.1) is 0 Å². The van der Waals surface area contributed by atoms with E-state index < -0.39 is 24.9 Å². The maximum absolute atomic E-state index is 12.4. The molecule has 0 amide bonds. The average Bonchev–Trinajstić information content (AvgIpc) is 2.60. The van der Waals surface area contributed by atoms with Crippen LogP contribution >= 0.6 is 24.0 Å². The third kappa shape index (κ3) is 10.0. The summed E-state index contributed by atoms with van der Waals surface area (Å²) in [6, 6.07) is 11.8. The molecule has 0 atom stereocenters. The van der Waals surface area contributed by atoms with Gasteiger partial charge in [0.25, 0.3) is 0 Å². The third-order valence-electron chi connectivity index (χ3n) is 3.36. The standard InChI is InChI=1S/C18H17F6N3O2.HI/c19-17(20,21)11-28-10-13-7-5-12(6-8-13)9-26-16(25)27-14-3-1-2-4-15(14)29-18(22,23)24;/h1-8H,9-11H2,(H3,25,26,27);1H. The summed E-state index contributed by atoms with van der Waals surface area (Å²) in [4.78, 5) is 4.02. The monoisotopic (exact) mass is 549 g/mol. The van der Waals surface area contributed by atoms with Crippen molar-refractivity contribution in [3.8, 4) is 5.75 Å². The van der Waals surface area contributed by atoms with Gasteiger partial charge in [0, 0.05) is 0 Å². The molecule has 2 aromatic carbocycles. The lowest BCUT2D eigenvalue weighted by Gasteiger charge is -2.14. The Morgan fingerprint density at radius 3 is 2.13 bits per heavy atom. The average molecular weight is 549 g/mol. The van der Waals surface area contributed by atoms with Crippen LogP contribution in [-0.4, -0.2) is 25.1 Å². The number of alkyl halides is 6. The van der Waals surface area contributed by atoms with Crippen molar-refractivity contribution < 1.29 is 35.8 Å². The minimum absolute atomic E-state index is 0. The van der Waals surface area contributed by atoms with Crippen molar-refractivity contribution in [2.24, 2.45) is 10.7 Å². The molecule has 0 aliphatic heterocycles. The number of anilines is 1. The molecule has 0 spiro atoms. The largest absolute Gasteiger partial charge is 0.573 e. The van der Waals surface area contributed by atoms with E-state index in [1.165, 1.54) is 18.2 Å². The topological polar surface area (TPSA) is 68.9 Å². The van der Waals surface area contributed by atoms with Crippen molar-refractivity contribution in [2.45, 2.75) is 25.7 Å². The summed E-state index contributed by atoms with van der Waals surface area (Å²) < 4.78 is 81.8. The summed E-state index contributed by atoms with van der Waals surface area (Å²) in [6.45, 7) is -1.42. The zero-order chi connectivity index (χ0) is 21.5.